The molecule has 0 atom stereocenters. The third-order valence-corrected chi connectivity index (χ3v) is 5.18. The molecule has 2 aromatic carbocycles. The molecule has 0 aliphatic carbocycles. The van der Waals surface area contributed by atoms with Crippen molar-refractivity contribution in [2.24, 2.45) is 0 Å². The molecule has 2 N–H and O–H groups in total. The van der Waals surface area contributed by atoms with Crippen molar-refractivity contribution in [2.75, 3.05) is 18.4 Å². The summed E-state index contributed by atoms with van der Waals surface area (Å²) in [5.74, 6) is -1.72. The molecule has 2 aromatic heterocycles. The number of nitrogens with zero attached hydrogens (tertiary/aromatic N) is 4. The van der Waals surface area contributed by atoms with Crippen molar-refractivity contribution in [3.8, 4) is 5.69 Å². The van der Waals surface area contributed by atoms with Gasteiger partial charge in [-0.1, -0.05) is 18.2 Å². The number of aromatic amines is 1. The molecule has 31 heavy (non-hydrogen) atoms. The number of likely N-dealkylation sites (tertiary alicyclic amines) is 1. The van der Waals surface area contributed by atoms with Gasteiger partial charge in [-0.3, -0.25) is 4.79 Å². The van der Waals surface area contributed by atoms with E-state index in [-0.39, 0.29) is 17.2 Å². The van der Waals surface area contributed by atoms with Gasteiger partial charge in [0, 0.05) is 24.8 Å². The maximum Gasteiger partial charge on any atom is 0.321 e. The Bertz CT molecular complexity index is 1350. The summed E-state index contributed by atoms with van der Waals surface area (Å²) in [6.07, 6.45) is 1.47. The molecule has 156 valence electrons. The van der Waals surface area contributed by atoms with Crippen molar-refractivity contribution in [2.45, 2.75) is 5.92 Å². The largest absolute Gasteiger partial charge is 0.323 e. The van der Waals surface area contributed by atoms with Gasteiger partial charge in [0.2, 0.25) is 0 Å². The van der Waals surface area contributed by atoms with Gasteiger partial charge in [-0.25, -0.2) is 23.2 Å². The van der Waals surface area contributed by atoms with Gasteiger partial charge in [0.25, 0.3) is 5.56 Å². The van der Waals surface area contributed by atoms with E-state index < -0.39 is 17.7 Å². The van der Waals surface area contributed by atoms with E-state index in [1.807, 2.05) is 30.3 Å². The fraction of sp³-hybridized carbons (Fsp3) is 0.143. The Balaban J connectivity index is 1.34. The lowest BCUT2D eigenvalue weighted by atomic mass is 10.00. The van der Waals surface area contributed by atoms with E-state index in [9.17, 15) is 18.4 Å². The molecular formula is C21H16F2N6O2. The number of urea groups is 1. The number of nitrogens with one attached hydrogen (secondary N) is 2. The second kappa shape index (κ2) is 7.31. The molecule has 8 nitrogen and oxygen atoms in total. The molecule has 0 bridgehead atoms. The minimum absolute atomic E-state index is 0.159. The Morgan fingerprint density at radius 3 is 2.61 bits per heavy atom. The minimum Gasteiger partial charge on any atom is -0.323 e. The molecule has 2 amide bonds. The van der Waals surface area contributed by atoms with E-state index in [2.05, 4.69) is 20.4 Å². The van der Waals surface area contributed by atoms with Gasteiger partial charge in [-0.2, -0.15) is 5.10 Å². The van der Waals surface area contributed by atoms with E-state index in [0.717, 1.165) is 17.8 Å². The lowest BCUT2D eigenvalue weighted by molar-refractivity contribution is 0.161. The maximum absolute atomic E-state index is 13.3. The molecule has 1 aliphatic rings. The Hall–Kier alpha value is -4.08. The first-order valence-corrected chi connectivity index (χ1v) is 9.54. The predicted octanol–water partition coefficient (Wildman–Crippen LogP) is 3.02. The number of halogens is 2. The van der Waals surface area contributed by atoms with Gasteiger partial charge >= 0.3 is 6.03 Å². The van der Waals surface area contributed by atoms with Gasteiger partial charge in [0.1, 0.15) is 11.2 Å². The van der Waals surface area contributed by atoms with Crippen LogP contribution in [0, 0.1) is 11.6 Å². The first-order chi connectivity index (χ1) is 15.0. The van der Waals surface area contributed by atoms with Crippen LogP contribution in [0.2, 0.25) is 0 Å². The number of benzene rings is 2. The molecule has 0 radical (unpaired) electrons. The number of H-pyrrole nitrogens is 1. The molecule has 0 unspecified atom stereocenters. The van der Waals surface area contributed by atoms with E-state index in [1.54, 1.807) is 4.68 Å². The van der Waals surface area contributed by atoms with E-state index in [1.165, 1.54) is 17.2 Å². The van der Waals surface area contributed by atoms with Gasteiger partial charge in [0.05, 0.1) is 17.8 Å². The summed E-state index contributed by atoms with van der Waals surface area (Å²) >= 11 is 0. The summed E-state index contributed by atoms with van der Waals surface area (Å²) in [6.45, 7) is 0.646. The third kappa shape index (κ3) is 3.41. The summed E-state index contributed by atoms with van der Waals surface area (Å²) < 4.78 is 27.9. The van der Waals surface area contributed by atoms with E-state index in [4.69, 9.17) is 0 Å². The number of rotatable bonds is 3. The monoisotopic (exact) mass is 422 g/mol. The Morgan fingerprint density at radius 1 is 1.10 bits per heavy atom. The van der Waals surface area contributed by atoms with Crippen LogP contribution >= 0.6 is 0 Å². The third-order valence-electron chi connectivity index (χ3n) is 5.18. The number of carbonyl (C=O) groups excluding carboxylic acids is 1. The molecule has 1 fully saturated rings. The van der Waals surface area contributed by atoms with Gasteiger partial charge < -0.3 is 15.2 Å². The molecule has 10 heteroatoms. The van der Waals surface area contributed by atoms with Gasteiger partial charge in [-0.05, 0) is 24.3 Å². The van der Waals surface area contributed by atoms with Gasteiger partial charge in [0.15, 0.2) is 17.3 Å². The smallest absolute Gasteiger partial charge is 0.321 e. The summed E-state index contributed by atoms with van der Waals surface area (Å²) in [4.78, 5) is 33.7. The zero-order valence-corrected chi connectivity index (χ0v) is 16.0. The fourth-order valence-electron chi connectivity index (χ4n) is 3.48. The average molecular weight is 422 g/mol. The standard InChI is InChI=1S/C21H16F2N6O2/c22-16-7-6-13(8-17(16)23)25-21(31)28-10-12(11-28)18-26-19-15(20(30)27-18)9-24-29(19)14-4-2-1-3-5-14/h1-9,12H,10-11H2,(H,25,31)(H,26,27,30). The lowest BCUT2D eigenvalue weighted by Gasteiger charge is -2.38. The highest BCUT2D eigenvalue weighted by Gasteiger charge is 2.34. The van der Waals surface area contributed by atoms with Crippen molar-refractivity contribution in [1.82, 2.24) is 24.6 Å². The van der Waals surface area contributed by atoms with Crippen LogP contribution in [0.25, 0.3) is 16.7 Å². The summed E-state index contributed by atoms with van der Waals surface area (Å²) in [5.41, 5.74) is 1.08. The van der Waals surface area contributed by atoms with Crippen LogP contribution in [0.3, 0.4) is 0 Å². The number of fused-ring (bicyclic) bond motifs is 1. The van der Waals surface area contributed by atoms with E-state index >= 15 is 0 Å². The summed E-state index contributed by atoms with van der Waals surface area (Å²) in [6, 6.07) is 12.1. The zero-order chi connectivity index (χ0) is 21.5. The van der Waals surface area contributed by atoms with Crippen LogP contribution in [0.1, 0.15) is 11.7 Å². The van der Waals surface area contributed by atoms with Crippen LogP contribution in [-0.4, -0.2) is 43.8 Å². The normalized spacial score (nSPS) is 13.9. The molecule has 0 spiro atoms. The number of hydrogen-bond donors (Lipinski definition) is 2. The lowest BCUT2D eigenvalue weighted by Crippen LogP contribution is -2.51. The summed E-state index contributed by atoms with van der Waals surface area (Å²) in [7, 11) is 0. The van der Waals surface area contributed by atoms with Crippen molar-refractivity contribution in [1.29, 1.82) is 0 Å². The van der Waals surface area contributed by atoms with Crippen LogP contribution < -0.4 is 10.9 Å². The quantitative estimate of drug-likeness (QED) is 0.531. The molecule has 1 saturated heterocycles. The number of para-hydroxylation sites is 1. The minimum atomic E-state index is -1.04. The number of anilines is 1. The highest BCUT2D eigenvalue weighted by Crippen LogP contribution is 2.26. The Morgan fingerprint density at radius 2 is 1.87 bits per heavy atom. The molecule has 0 saturated carbocycles. The SMILES string of the molecule is O=C(Nc1ccc(F)c(F)c1)N1CC(c2nc3c(cnn3-c3ccccc3)c(=O)[nH]2)C1. The number of amides is 2. The van der Waals surface area contributed by atoms with Crippen LogP contribution in [0.5, 0.6) is 0 Å². The number of carbonyl (C=O) groups is 1. The van der Waals surface area contributed by atoms with E-state index in [0.29, 0.717) is 29.9 Å². The van der Waals surface area contributed by atoms with Crippen LogP contribution in [0.15, 0.2) is 59.5 Å². The number of aromatic nitrogens is 4. The average Bonchev–Trinajstić information content (AvgIpc) is 3.15. The highest BCUT2D eigenvalue weighted by atomic mass is 19.2. The van der Waals surface area contributed by atoms with Crippen molar-refractivity contribution in [3.05, 3.63) is 82.5 Å². The molecule has 4 aromatic rings. The molecule has 1 aliphatic heterocycles. The van der Waals surface area contributed by atoms with Crippen LogP contribution in [-0.2, 0) is 0 Å². The topological polar surface area (TPSA) is 95.9 Å². The maximum atomic E-state index is 13.3. The van der Waals surface area contributed by atoms with Crippen molar-refractivity contribution < 1.29 is 13.6 Å². The number of hydrogen-bond acceptors (Lipinski definition) is 4. The van der Waals surface area contributed by atoms with Crippen LogP contribution in [0.4, 0.5) is 19.3 Å². The Kier molecular flexibility index (Phi) is 4.46. The summed E-state index contributed by atoms with van der Waals surface area (Å²) in [5, 5.41) is 7.18. The first kappa shape index (κ1) is 18.9. The first-order valence-electron chi connectivity index (χ1n) is 9.54. The highest BCUT2D eigenvalue weighted by molar-refractivity contribution is 5.90. The fourth-order valence-corrected chi connectivity index (χ4v) is 3.48. The van der Waals surface area contributed by atoms with Gasteiger partial charge in [-0.15, -0.1) is 0 Å². The van der Waals surface area contributed by atoms with Crippen molar-refractivity contribution >= 4 is 22.8 Å². The molecule has 3 heterocycles. The second-order valence-corrected chi connectivity index (χ2v) is 7.24. The molecule has 5 rings (SSSR count). The zero-order valence-electron chi connectivity index (χ0n) is 16.0. The predicted molar refractivity (Wildman–Crippen MR) is 109 cm³/mol. The van der Waals surface area contributed by atoms with Crippen molar-refractivity contribution in [3.63, 3.8) is 0 Å². The Labute approximate surface area is 174 Å². The molecular weight excluding hydrogens is 406 g/mol. The second-order valence-electron chi connectivity index (χ2n) is 7.24.